The molecule has 0 radical (unpaired) electrons. The van der Waals surface area contributed by atoms with E-state index in [4.69, 9.17) is 9.26 Å². The van der Waals surface area contributed by atoms with Gasteiger partial charge in [0, 0.05) is 6.66 Å². The molecule has 0 aromatic heterocycles. The fraction of sp³-hybridized carbons (Fsp3) is 0.500. The molecule has 1 rings (SSSR count). The number of hydrogen-bond donors (Lipinski definition) is 1. The van der Waals surface area contributed by atoms with Gasteiger partial charge in [-0.05, 0) is 26.0 Å². The van der Waals surface area contributed by atoms with Gasteiger partial charge in [0.05, 0.1) is 6.10 Å². The monoisotopic (exact) mass is 285 g/mol. The Bertz CT molecular complexity index is 344. The summed E-state index contributed by atoms with van der Waals surface area (Å²) in [5, 5.41) is 3.00. The van der Waals surface area contributed by atoms with Crippen molar-refractivity contribution in [2.24, 2.45) is 0 Å². The topological polar surface area (TPSA) is 47.6 Å². The van der Waals surface area contributed by atoms with E-state index in [9.17, 15) is 4.79 Å². The minimum atomic E-state index is -0.865. The molecule has 1 unspecified atom stereocenters. The summed E-state index contributed by atoms with van der Waals surface area (Å²) in [6.45, 7) is 9.73. The van der Waals surface area contributed by atoms with Crippen molar-refractivity contribution in [2.75, 3.05) is 13.2 Å². The van der Waals surface area contributed by atoms with Crippen molar-refractivity contribution in [3.8, 4) is 5.75 Å². The maximum absolute atomic E-state index is 11.3. The third-order valence-electron chi connectivity index (χ3n) is 1.80. The van der Waals surface area contributed by atoms with E-state index in [1.54, 1.807) is 0 Å². The number of benzene rings is 1. The summed E-state index contributed by atoms with van der Waals surface area (Å²) >= 11 is 0. The Balaban J connectivity index is 0.00000154. The average molecular weight is 285 g/mol. The molecule has 0 aliphatic carbocycles. The largest absolute Gasteiger partial charge is 0.462 e. The number of para-hydroxylation sites is 1. The van der Waals surface area contributed by atoms with Gasteiger partial charge in [0.1, 0.15) is 12.3 Å². The van der Waals surface area contributed by atoms with E-state index < -0.39 is 8.30 Å². The maximum Gasteiger partial charge on any atom is 0.320 e. The van der Waals surface area contributed by atoms with Gasteiger partial charge in [-0.3, -0.25) is 9.88 Å². The van der Waals surface area contributed by atoms with E-state index >= 15 is 0 Å². The molecule has 0 heterocycles. The standard InChI is InChI=1S/C12H18NO3P.C2H6/c1-10(2)15-12(14)9-13-17(3)16-11-7-5-4-6-8-11;1-2/h4-8,10,13H,9H2,1-3H3;1-2H3. The Labute approximate surface area is 117 Å². The van der Waals surface area contributed by atoms with Gasteiger partial charge in [-0.25, -0.2) is 0 Å². The fourth-order valence-electron chi connectivity index (χ4n) is 1.15. The van der Waals surface area contributed by atoms with Crippen molar-refractivity contribution in [2.45, 2.75) is 33.8 Å². The normalized spacial score (nSPS) is 11.3. The smallest absolute Gasteiger partial charge is 0.320 e. The molecule has 19 heavy (non-hydrogen) atoms. The van der Waals surface area contributed by atoms with Crippen LogP contribution >= 0.6 is 8.30 Å². The van der Waals surface area contributed by atoms with Crippen LogP contribution in [-0.2, 0) is 9.53 Å². The molecule has 0 saturated heterocycles. The molecule has 0 bridgehead atoms. The first-order valence-electron chi connectivity index (χ1n) is 6.47. The molecule has 108 valence electrons. The van der Waals surface area contributed by atoms with Gasteiger partial charge in [-0.2, -0.15) is 0 Å². The van der Waals surface area contributed by atoms with E-state index in [0.717, 1.165) is 5.75 Å². The highest BCUT2D eigenvalue weighted by molar-refractivity contribution is 7.49. The molecule has 1 aromatic rings. The second-order valence-corrected chi connectivity index (χ2v) is 5.27. The third-order valence-corrected chi connectivity index (χ3v) is 2.89. The molecule has 0 fully saturated rings. The van der Waals surface area contributed by atoms with Crippen molar-refractivity contribution >= 4 is 14.3 Å². The average Bonchev–Trinajstić information content (AvgIpc) is 2.39. The van der Waals surface area contributed by atoms with Crippen LogP contribution in [0.2, 0.25) is 0 Å². The summed E-state index contributed by atoms with van der Waals surface area (Å²) in [6.07, 6.45) is -0.0811. The van der Waals surface area contributed by atoms with Gasteiger partial charge < -0.3 is 9.26 Å². The van der Waals surface area contributed by atoms with Gasteiger partial charge in [0.15, 0.2) is 8.30 Å². The maximum atomic E-state index is 11.3. The van der Waals surface area contributed by atoms with Crippen molar-refractivity contribution in [3.05, 3.63) is 30.3 Å². The lowest BCUT2D eigenvalue weighted by atomic mass is 10.3. The van der Waals surface area contributed by atoms with E-state index in [1.807, 2.05) is 64.7 Å². The second kappa shape index (κ2) is 10.8. The first kappa shape index (κ1) is 17.9. The summed E-state index contributed by atoms with van der Waals surface area (Å²) in [6, 6.07) is 9.51. The van der Waals surface area contributed by atoms with E-state index in [0.29, 0.717) is 0 Å². The minimum Gasteiger partial charge on any atom is -0.462 e. The minimum absolute atomic E-state index is 0.0811. The van der Waals surface area contributed by atoms with Crippen molar-refractivity contribution < 1.29 is 14.1 Å². The highest BCUT2D eigenvalue weighted by atomic mass is 31.2. The zero-order valence-corrected chi connectivity index (χ0v) is 13.2. The molecule has 1 N–H and O–H groups in total. The Morgan fingerprint density at radius 3 is 2.37 bits per heavy atom. The van der Waals surface area contributed by atoms with Crippen molar-refractivity contribution in [1.29, 1.82) is 0 Å². The van der Waals surface area contributed by atoms with Crippen LogP contribution in [0.1, 0.15) is 27.7 Å². The predicted molar refractivity (Wildman–Crippen MR) is 80.5 cm³/mol. The van der Waals surface area contributed by atoms with Crippen LogP contribution < -0.4 is 9.61 Å². The number of carbonyl (C=O) groups excluding carboxylic acids is 1. The lowest BCUT2D eigenvalue weighted by Gasteiger charge is -2.15. The number of esters is 1. The fourth-order valence-corrected chi connectivity index (χ4v) is 2.01. The molecule has 4 nitrogen and oxygen atoms in total. The van der Waals surface area contributed by atoms with Crippen LogP contribution in [0.15, 0.2) is 30.3 Å². The van der Waals surface area contributed by atoms with Crippen LogP contribution in [0.3, 0.4) is 0 Å². The molecule has 0 spiro atoms. The summed E-state index contributed by atoms with van der Waals surface area (Å²) in [4.78, 5) is 11.3. The van der Waals surface area contributed by atoms with Gasteiger partial charge in [-0.1, -0.05) is 32.0 Å². The Morgan fingerprint density at radius 1 is 1.26 bits per heavy atom. The lowest BCUT2D eigenvalue weighted by molar-refractivity contribution is -0.145. The van der Waals surface area contributed by atoms with E-state index in [1.165, 1.54) is 0 Å². The first-order valence-corrected chi connectivity index (χ1v) is 8.18. The van der Waals surface area contributed by atoms with Crippen LogP contribution in [0.25, 0.3) is 0 Å². The molecule has 0 aliphatic heterocycles. The van der Waals surface area contributed by atoms with Gasteiger partial charge in [0.25, 0.3) is 0 Å². The SMILES string of the molecule is CC.CC(C)OC(=O)CNP(C)Oc1ccccc1. The van der Waals surface area contributed by atoms with Crippen LogP contribution in [0.4, 0.5) is 0 Å². The zero-order chi connectivity index (χ0) is 14.7. The van der Waals surface area contributed by atoms with Gasteiger partial charge in [0.2, 0.25) is 0 Å². The first-order chi connectivity index (χ1) is 9.08. The predicted octanol–water partition coefficient (Wildman–Crippen LogP) is 3.57. The lowest BCUT2D eigenvalue weighted by Crippen LogP contribution is -2.24. The number of nitrogens with one attached hydrogen (secondary N) is 1. The van der Waals surface area contributed by atoms with Crippen LogP contribution in [0, 0.1) is 0 Å². The molecule has 1 aromatic carbocycles. The highest BCUT2D eigenvalue weighted by Gasteiger charge is 2.09. The summed E-state index contributed by atoms with van der Waals surface area (Å²) in [5.74, 6) is 0.539. The number of carbonyl (C=O) groups is 1. The number of rotatable bonds is 6. The molecular weight excluding hydrogens is 261 g/mol. The summed E-state index contributed by atoms with van der Waals surface area (Å²) in [7, 11) is -0.865. The quantitative estimate of drug-likeness (QED) is 0.641. The molecule has 0 saturated carbocycles. The molecule has 0 amide bonds. The Kier molecular flexibility index (Phi) is 10.1. The summed E-state index contributed by atoms with van der Waals surface area (Å²) < 4.78 is 10.6. The Morgan fingerprint density at radius 2 is 1.84 bits per heavy atom. The number of ether oxygens (including phenoxy) is 1. The third kappa shape index (κ3) is 9.46. The van der Waals surface area contributed by atoms with Gasteiger partial charge in [-0.15, -0.1) is 0 Å². The van der Waals surface area contributed by atoms with Crippen LogP contribution in [0.5, 0.6) is 5.75 Å². The Hall–Kier alpha value is -1.12. The molecule has 0 aliphatic rings. The molecular formula is C14H24NO3P. The number of hydrogen-bond acceptors (Lipinski definition) is 4. The van der Waals surface area contributed by atoms with Crippen molar-refractivity contribution in [3.63, 3.8) is 0 Å². The van der Waals surface area contributed by atoms with E-state index in [-0.39, 0.29) is 18.6 Å². The van der Waals surface area contributed by atoms with Crippen LogP contribution in [-0.4, -0.2) is 25.3 Å². The van der Waals surface area contributed by atoms with Crippen molar-refractivity contribution in [1.82, 2.24) is 5.09 Å². The van der Waals surface area contributed by atoms with E-state index in [2.05, 4.69) is 5.09 Å². The zero-order valence-electron chi connectivity index (χ0n) is 12.3. The highest BCUT2D eigenvalue weighted by Crippen LogP contribution is 2.29. The summed E-state index contributed by atoms with van der Waals surface area (Å²) in [5.41, 5.74) is 0. The molecule has 1 atom stereocenters. The van der Waals surface area contributed by atoms with Gasteiger partial charge >= 0.3 is 5.97 Å². The molecule has 5 heteroatoms. The second-order valence-electron chi connectivity index (χ2n) is 3.78.